The molecular weight excluding hydrogens is 435 g/mol. The maximum absolute atomic E-state index is 13.5. The van der Waals surface area contributed by atoms with E-state index in [1.54, 1.807) is 17.2 Å². The molecule has 5 rings (SSSR count). The lowest BCUT2D eigenvalue weighted by Gasteiger charge is -2.28. The predicted molar refractivity (Wildman–Crippen MR) is 120 cm³/mol. The summed E-state index contributed by atoms with van der Waals surface area (Å²) < 4.78 is 0. The number of amides is 2. The minimum absolute atomic E-state index is 0.277. The molecule has 5 nitrogen and oxygen atoms in total. The Morgan fingerprint density at radius 3 is 2.19 bits per heavy atom. The van der Waals surface area contributed by atoms with Crippen molar-refractivity contribution >= 4 is 46.4 Å². The van der Waals surface area contributed by atoms with E-state index in [1.165, 1.54) is 6.07 Å². The number of rotatable bonds is 3. The predicted octanol–water partition coefficient (Wildman–Crippen LogP) is 5.35. The molecule has 0 unspecified atom stereocenters. The van der Waals surface area contributed by atoms with Crippen LogP contribution in [0.1, 0.15) is 17.2 Å². The highest BCUT2D eigenvalue weighted by Gasteiger charge is 2.60. The van der Waals surface area contributed by atoms with Crippen molar-refractivity contribution in [1.29, 1.82) is 0 Å². The minimum Gasteiger partial charge on any atom is -0.273 e. The highest BCUT2D eigenvalue weighted by atomic mass is 35.5. The number of hydrogen-bond donors (Lipinski definition) is 0. The summed E-state index contributed by atoms with van der Waals surface area (Å²) in [5, 5.41) is 2.31. The van der Waals surface area contributed by atoms with Crippen molar-refractivity contribution in [3.63, 3.8) is 0 Å². The van der Waals surface area contributed by atoms with Crippen molar-refractivity contribution in [2.45, 2.75) is 19.1 Å². The summed E-state index contributed by atoms with van der Waals surface area (Å²) in [5.41, 5.74) is 3.18. The number of halogens is 2. The normalized spacial score (nSPS) is 22.9. The van der Waals surface area contributed by atoms with E-state index < -0.39 is 24.0 Å². The molecule has 3 aromatic carbocycles. The lowest BCUT2D eigenvalue weighted by atomic mass is 9.90. The Hall–Kier alpha value is -2.86. The molecule has 2 amide bonds. The SMILES string of the molecule is Cc1ccc([C@H]2[C@@H]3C(=O)N(c4ccc(Cl)c(Cl)c4)C(=O)[C@H]3ON2c2ccccc2)cc1. The van der Waals surface area contributed by atoms with Gasteiger partial charge in [0.15, 0.2) is 6.10 Å². The van der Waals surface area contributed by atoms with Crippen LogP contribution in [0.5, 0.6) is 0 Å². The van der Waals surface area contributed by atoms with E-state index in [0.717, 1.165) is 21.7 Å². The second-order valence-electron chi connectivity index (χ2n) is 7.68. The van der Waals surface area contributed by atoms with Crippen LogP contribution in [0, 0.1) is 12.8 Å². The van der Waals surface area contributed by atoms with E-state index in [0.29, 0.717) is 10.7 Å². The second kappa shape index (κ2) is 7.68. The molecule has 0 N–H and O–H groups in total. The maximum Gasteiger partial charge on any atom is 0.266 e. The maximum atomic E-state index is 13.5. The summed E-state index contributed by atoms with van der Waals surface area (Å²) in [5.74, 6) is -1.42. The summed E-state index contributed by atoms with van der Waals surface area (Å²) in [7, 11) is 0. The Balaban J connectivity index is 1.58. The van der Waals surface area contributed by atoms with E-state index in [9.17, 15) is 9.59 Å². The van der Waals surface area contributed by atoms with Crippen molar-refractivity contribution in [1.82, 2.24) is 0 Å². The Kier molecular flexibility index (Phi) is 4.97. The molecule has 0 bridgehead atoms. The first-order valence-electron chi connectivity index (χ1n) is 9.86. The van der Waals surface area contributed by atoms with Crippen molar-refractivity contribution in [2.24, 2.45) is 5.92 Å². The number of nitrogens with zero attached hydrogens (tertiary/aromatic N) is 2. The fraction of sp³-hybridized carbons (Fsp3) is 0.167. The average Bonchev–Trinajstić information content (AvgIpc) is 3.28. The van der Waals surface area contributed by atoms with Crippen molar-refractivity contribution in [2.75, 3.05) is 9.96 Å². The van der Waals surface area contributed by atoms with E-state index >= 15 is 0 Å². The third-order valence-electron chi connectivity index (χ3n) is 5.71. The summed E-state index contributed by atoms with van der Waals surface area (Å²) in [6, 6.07) is 21.7. The highest BCUT2D eigenvalue weighted by Crippen LogP contribution is 2.47. The quantitative estimate of drug-likeness (QED) is 0.502. The van der Waals surface area contributed by atoms with Crippen molar-refractivity contribution in [3.8, 4) is 0 Å². The van der Waals surface area contributed by atoms with Gasteiger partial charge in [-0.25, -0.2) is 9.96 Å². The molecule has 7 heteroatoms. The Morgan fingerprint density at radius 2 is 1.52 bits per heavy atom. The summed E-state index contributed by atoms with van der Waals surface area (Å²) in [6.45, 7) is 2.00. The van der Waals surface area contributed by atoms with Crippen LogP contribution in [0.25, 0.3) is 0 Å². The van der Waals surface area contributed by atoms with Crippen LogP contribution in [-0.4, -0.2) is 17.9 Å². The number of carbonyl (C=O) groups is 2. The third kappa shape index (κ3) is 3.30. The Morgan fingerprint density at radius 1 is 0.806 bits per heavy atom. The van der Waals surface area contributed by atoms with E-state index in [1.807, 2.05) is 61.5 Å². The van der Waals surface area contributed by atoms with Gasteiger partial charge >= 0.3 is 0 Å². The molecule has 2 aliphatic rings. The molecular formula is C24H18Cl2N2O3. The molecule has 2 heterocycles. The molecule has 0 aliphatic carbocycles. The van der Waals surface area contributed by atoms with Crippen LogP contribution in [0.4, 0.5) is 11.4 Å². The molecule has 0 radical (unpaired) electrons. The van der Waals surface area contributed by atoms with Gasteiger partial charge in [-0.05, 0) is 42.8 Å². The van der Waals surface area contributed by atoms with Crippen molar-refractivity contribution in [3.05, 3.63) is 94.0 Å². The lowest BCUT2D eigenvalue weighted by Crippen LogP contribution is -2.37. The molecule has 0 saturated carbocycles. The van der Waals surface area contributed by atoms with E-state index in [2.05, 4.69) is 0 Å². The number of anilines is 2. The number of para-hydroxylation sites is 1. The minimum atomic E-state index is -0.923. The van der Waals surface area contributed by atoms with Gasteiger partial charge < -0.3 is 0 Å². The topological polar surface area (TPSA) is 49.9 Å². The summed E-state index contributed by atoms with van der Waals surface area (Å²) >= 11 is 12.1. The van der Waals surface area contributed by atoms with Crippen LogP contribution in [0.3, 0.4) is 0 Å². The molecule has 0 aromatic heterocycles. The van der Waals surface area contributed by atoms with Crippen LogP contribution in [-0.2, 0) is 14.4 Å². The molecule has 2 aliphatic heterocycles. The zero-order chi connectivity index (χ0) is 21.7. The molecule has 2 saturated heterocycles. The van der Waals surface area contributed by atoms with Gasteiger partial charge in [-0.15, -0.1) is 0 Å². The number of hydroxylamine groups is 1. The molecule has 31 heavy (non-hydrogen) atoms. The van der Waals surface area contributed by atoms with Crippen molar-refractivity contribution < 1.29 is 14.4 Å². The van der Waals surface area contributed by atoms with Crippen LogP contribution in [0.2, 0.25) is 10.0 Å². The standard InChI is InChI=1S/C24H18Cl2N2O3/c1-14-7-9-15(10-8-14)21-20-22(31-28(21)16-5-3-2-4-6-16)24(30)27(23(20)29)17-11-12-18(25)19(26)13-17/h2-13,20-22H,1H3/t20-,21-,22-/m0/s1. The van der Waals surface area contributed by atoms with Crippen LogP contribution < -0.4 is 9.96 Å². The van der Waals surface area contributed by atoms with Gasteiger partial charge in [-0.2, -0.15) is 0 Å². The molecule has 3 aromatic rings. The first kappa shape index (κ1) is 20.1. The Bertz CT molecular complexity index is 1170. The molecule has 156 valence electrons. The first-order chi connectivity index (χ1) is 15.0. The smallest absolute Gasteiger partial charge is 0.266 e. The number of aryl methyl sites for hydroxylation is 1. The van der Waals surface area contributed by atoms with Gasteiger partial charge in [0.05, 0.1) is 27.5 Å². The lowest BCUT2D eigenvalue weighted by molar-refractivity contribution is -0.126. The largest absolute Gasteiger partial charge is 0.273 e. The number of imide groups is 1. The second-order valence-corrected chi connectivity index (χ2v) is 8.49. The Labute approximate surface area is 189 Å². The van der Waals surface area contributed by atoms with Crippen LogP contribution >= 0.6 is 23.2 Å². The number of fused-ring (bicyclic) bond motifs is 1. The van der Waals surface area contributed by atoms with E-state index in [4.69, 9.17) is 28.0 Å². The molecule has 3 atom stereocenters. The summed E-state index contributed by atoms with van der Waals surface area (Å²) in [4.78, 5) is 34.1. The monoisotopic (exact) mass is 452 g/mol. The number of benzene rings is 3. The molecule has 2 fully saturated rings. The van der Waals surface area contributed by atoms with Gasteiger partial charge in [0, 0.05) is 0 Å². The summed E-state index contributed by atoms with van der Waals surface area (Å²) in [6.07, 6.45) is -0.923. The average molecular weight is 453 g/mol. The van der Waals surface area contributed by atoms with E-state index in [-0.39, 0.29) is 10.9 Å². The van der Waals surface area contributed by atoms with Gasteiger partial charge in [0.25, 0.3) is 5.91 Å². The zero-order valence-electron chi connectivity index (χ0n) is 16.5. The molecule has 0 spiro atoms. The van der Waals surface area contributed by atoms with Gasteiger partial charge in [0.2, 0.25) is 5.91 Å². The third-order valence-corrected chi connectivity index (χ3v) is 6.45. The van der Waals surface area contributed by atoms with Gasteiger partial charge in [0.1, 0.15) is 5.92 Å². The first-order valence-corrected chi connectivity index (χ1v) is 10.6. The number of carbonyl (C=O) groups excluding carboxylic acids is 2. The fourth-order valence-electron chi connectivity index (χ4n) is 4.19. The zero-order valence-corrected chi connectivity index (χ0v) is 18.0. The number of hydrogen-bond acceptors (Lipinski definition) is 4. The van der Waals surface area contributed by atoms with Crippen LogP contribution in [0.15, 0.2) is 72.8 Å². The fourth-order valence-corrected chi connectivity index (χ4v) is 4.49. The highest BCUT2D eigenvalue weighted by molar-refractivity contribution is 6.42. The van der Waals surface area contributed by atoms with Gasteiger partial charge in [-0.3, -0.25) is 14.4 Å². The van der Waals surface area contributed by atoms with Gasteiger partial charge in [-0.1, -0.05) is 71.2 Å².